The van der Waals surface area contributed by atoms with Gasteiger partial charge in [0.25, 0.3) is 5.91 Å². The fraction of sp³-hybridized carbons (Fsp3) is 0.350. The van der Waals surface area contributed by atoms with E-state index in [0.717, 1.165) is 42.0 Å². The van der Waals surface area contributed by atoms with Crippen LogP contribution in [0.3, 0.4) is 0 Å². The third-order valence-corrected chi connectivity index (χ3v) is 5.01. The van der Waals surface area contributed by atoms with E-state index < -0.39 is 0 Å². The average molecular weight is 350 g/mol. The van der Waals surface area contributed by atoms with Gasteiger partial charge in [0.2, 0.25) is 0 Å². The predicted octanol–water partition coefficient (Wildman–Crippen LogP) is 3.51. The summed E-state index contributed by atoms with van der Waals surface area (Å²) in [5.74, 6) is 0.870. The molecule has 1 aromatic carbocycles. The van der Waals surface area contributed by atoms with Crippen molar-refractivity contribution in [2.24, 2.45) is 0 Å². The molecule has 1 saturated heterocycles. The molecule has 1 amide bonds. The highest BCUT2D eigenvalue weighted by molar-refractivity contribution is 5.95. The summed E-state index contributed by atoms with van der Waals surface area (Å²) < 4.78 is 7.17. The molecule has 1 fully saturated rings. The summed E-state index contributed by atoms with van der Waals surface area (Å²) in [6, 6.07) is 9.75. The molecule has 0 aliphatic carbocycles. The lowest BCUT2D eigenvalue weighted by Gasteiger charge is -2.25. The van der Waals surface area contributed by atoms with Crippen molar-refractivity contribution in [1.82, 2.24) is 19.8 Å². The average Bonchev–Trinajstić information content (AvgIpc) is 3.37. The van der Waals surface area contributed by atoms with E-state index in [-0.39, 0.29) is 11.9 Å². The van der Waals surface area contributed by atoms with E-state index in [1.54, 1.807) is 6.20 Å². The summed E-state index contributed by atoms with van der Waals surface area (Å²) in [5.41, 5.74) is 3.71. The van der Waals surface area contributed by atoms with Gasteiger partial charge in [-0.2, -0.15) is 5.10 Å². The zero-order valence-electron chi connectivity index (χ0n) is 15.1. The number of carbonyl (C=O) groups excluding carboxylic acids is 1. The van der Waals surface area contributed by atoms with Crippen LogP contribution in [0.25, 0.3) is 0 Å². The smallest absolute Gasteiger partial charge is 0.254 e. The van der Waals surface area contributed by atoms with Crippen LogP contribution < -0.4 is 0 Å². The number of rotatable bonds is 4. The zero-order chi connectivity index (χ0) is 18.1. The van der Waals surface area contributed by atoms with Crippen molar-refractivity contribution in [1.29, 1.82) is 0 Å². The molecule has 0 bridgehead atoms. The molecule has 0 radical (unpaired) electrons. The number of carbonyl (C=O) groups is 1. The molecule has 3 heterocycles. The van der Waals surface area contributed by atoms with Crippen molar-refractivity contribution in [3.63, 3.8) is 0 Å². The second-order valence-corrected chi connectivity index (χ2v) is 6.80. The van der Waals surface area contributed by atoms with Gasteiger partial charge in [-0.3, -0.25) is 9.48 Å². The molecule has 0 saturated carbocycles. The van der Waals surface area contributed by atoms with E-state index in [4.69, 9.17) is 4.52 Å². The maximum Gasteiger partial charge on any atom is 0.254 e. The van der Waals surface area contributed by atoms with Crippen LogP contribution >= 0.6 is 0 Å². The Morgan fingerprint density at radius 2 is 2.19 bits per heavy atom. The minimum absolute atomic E-state index is 0.0449. The van der Waals surface area contributed by atoms with Crippen LogP contribution in [0.15, 0.2) is 47.2 Å². The number of aryl methyl sites for hydroxylation is 2. The first-order valence-corrected chi connectivity index (χ1v) is 8.93. The Kier molecular flexibility index (Phi) is 4.32. The maximum absolute atomic E-state index is 13.2. The molecule has 6 heteroatoms. The van der Waals surface area contributed by atoms with Crippen LogP contribution in [0.1, 0.15) is 51.8 Å². The SMILES string of the molecule is Cc1noc(C)c1C1CCCN1C(=O)c1cccc(Cn2cccn2)c1. The van der Waals surface area contributed by atoms with E-state index in [0.29, 0.717) is 12.1 Å². The van der Waals surface area contributed by atoms with Gasteiger partial charge >= 0.3 is 0 Å². The normalized spacial score (nSPS) is 17.0. The molecule has 1 unspecified atom stereocenters. The van der Waals surface area contributed by atoms with Crippen molar-refractivity contribution in [3.05, 3.63) is 70.9 Å². The molecule has 1 aliphatic rings. The summed E-state index contributed by atoms with van der Waals surface area (Å²) in [5, 5.41) is 8.29. The van der Waals surface area contributed by atoms with Gasteiger partial charge in [-0.25, -0.2) is 0 Å². The Labute approximate surface area is 152 Å². The minimum Gasteiger partial charge on any atom is -0.361 e. The number of hydrogen-bond acceptors (Lipinski definition) is 4. The number of nitrogens with zero attached hydrogens (tertiary/aromatic N) is 4. The number of hydrogen-bond donors (Lipinski definition) is 0. The second-order valence-electron chi connectivity index (χ2n) is 6.80. The molecule has 3 aromatic rings. The standard InChI is InChI=1S/C20H22N4O2/c1-14-19(15(2)26-22-14)18-8-4-11-24(18)20(25)17-7-3-6-16(12-17)13-23-10-5-9-21-23/h3,5-7,9-10,12,18H,4,8,11,13H2,1-2H3. The molecule has 4 rings (SSSR count). The van der Waals surface area contributed by atoms with E-state index in [1.165, 1.54) is 0 Å². The topological polar surface area (TPSA) is 64.2 Å². The van der Waals surface area contributed by atoms with Crippen LogP contribution in [-0.4, -0.2) is 32.3 Å². The summed E-state index contributed by atoms with van der Waals surface area (Å²) in [6.45, 7) is 5.27. The molecule has 1 aliphatic heterocycles. The van der Waals surface area contributed by atoms with Crippen molar-refractivity contribution in [3.8, 4) is 0 Å². The molecule has 1 atom stereocenters. The number of likely N-dealkylation sites (tertiary alicyclic amines) is 1. The quantitative estimate of drug-likeness (QED) is 0.722. The largest absolute Gasteiger partial charge is 0.361 e. The summed E-state index contributed by atoms with van der Waals surface area (Å²) in [4.78, 5) is 15.1. The fourth-order valence-corrected chi connectivity index (χ4v) is 3.83. The summed E-state index contributed by atoms with van der Waals surface area (Å²) >= 11 is 0. The lowest BCUT2D eigenvalue weighted by atomic mass is 10.0. The lowest BCUT2D eigenvalue weighted by molar-refractivity contribution is 0.0734. The van der Waals surface area contributed by atoms with Crippen molar-refractivity contribution < 1.29 is 9.32 Å². The van der Waals surface area contributed by atoms with Gasteiger partial charge in [-0.05, 0) is 50.5 Å². The summed E-state index contributed by atoms with van der Waals surface area (Å²) in [7, 11) is 0. The van der Waals surface area contributed by atoms with E-state index in [1.807, 2.05) is 60.0 Å². The van der Waals surface area contributed by atoms with E-state index >= 15 is 0 Å². The van der Waals surface area contributed by atoms with E-state index in [9.17, 15) is 4.79 Å². The highest BCUT2D eigenvalue weighted by Crippen LogP contribution is 2.36. The van der Waals surface area contributed by atoms with Crippen LogP contribution in [-0.2, 0) is 6.54 Å². The van der Waals surface area contributed by atoms with Crippen molar-refractivity contribution in [2.45, 2.75) is 39.3 Å². The van der Waals surface area contributed by atoms with Gasteiger partial charge in [0.15, 0.2) is 0 Å². The summed E-state index contributed by atoms with van der Waals surface area (Å²) in [6.07, 6.45) is 5.62. The molecule has 2 aromatic heterocycles. The fourth-order valence-electron chi connectivity index (χ4n) is 3.83. The third kappa shape index (κ3) is 3.03. The highest BCUT2D eigenvalue weighted by atomic mass is 16.5. The first-order valence-electron chi connectivity index (χ1n) is 8.93. The van der Waals surface area contributed by atoms with Gasteiger partial charge in [-0.1, -0.05) is 17.3 Å². The minimum atomic E-state index is 0.0449. The zero-order valence-corrected chi connectivity index (χ0v) is 15.1. The molecule has 0 spiro atoms. The Hall–Kier alpha value is -2.89. The van der Waals surface area contributed by atoms with Crippen molar-refractivity contribution >= 4 is 5.91 Å². The number of benzene rings is 1. The number of amides is 1. The van der Waals surface area contributed by atoms with Gasteiger partial charge < -0.3 is 9.42 Å². The Bertz CT molecular complexity index is 894. The predicted molar refractivity (Wildman–Crippen MR) is 96.8 cm³/mol. The third-order valence-electron chi connectivity index (χ3n) is 5.01. The van der Waals surface area contributed by atoms with Crippen LogP contribution in [0.2, 0.25) is 0 Å². The van der Waals surface area contributed by atoms with Crippen LogP contribution in [0, 0.1) is 13.8 Å². The Balaban J connectivity index is 1.59. The number of aromatic nitrogens is 3. The molecule has 26 heavy (non-hydrogen) atoms. The lowest BCUT2D eigenvalue weighted by Crippen LogP contribution is -2.31. The monoisotopic (exact) mass is 350 g/mol. The molecule has 6 nitrogen and oxygen atoms in total. The Morgan fingerprint density at radius 1 is 1.31 bits per heavy atom. The first kappa shape index (κ1) is 16.6. The molecule has 134 valence electrons. The first-order chi connectivity index (χ1) is 12.6. The van der Waals surface area contributed by atoms with Crippen molar-refractivity contribution in [2.75, 3.05) is 6.54 Å². The van der Waals surface area contributed by atoms with Crippen LogP contribution in [0.5, 0.6) is 0 Å². The molecular weight excluding hydrogens is 328 g/mol. The van der Waals surface area contributed by atoms with Gasteiger partial charge in [0, 0.05) is 30.1 Å². The van der Waals surface area contributed by atoms with Gasteiger partial charge in [-0.15, -0.1) is 0 Å². The molecular formula is C20H22N4O2. The van der Waals surface area contributed by atoms with E-state index in [2.05, 4.69) is 10.3 Å². The molecule has 0 N–H and O–H groups in total. The van der Waals surface area contributed by atoms with Gasteiger partial charge in [0.05, 0.1) is 18.3 Å². The maximum atomic E-state index is 13.2. The van der Waals surface area contributed by atoms with Gasteiger partial charge in [0.1, 0.15) is 5.76 Å². The highest BCUT2D eigenvalue weighted by Gasteiger charge is 2.34. The Morgan fingerprint density at radius 3 is 2.92 bits per heavy atom. The van der Waals surface area contributed by atoms with Crippen LogP contribution in [0.4, 0.5) is 0 Å². The second kappa shape index (κ2) is 6.78.